The summed E-state index contributed by atoms with van der Waals surface area (Å²) in [6.45, 7) is 4.97. The van der Waals surface area contributed by atoms with Crippen molar-refractivity contribution in [2.45, 2.75) is 25.0 Å². The van der Waals surface area contributed by atoms with E-state index in [4.69, 9.17) is 10.00 Å². The monoisotopic (exact) mass is 394 g/mol. The van der Waals surface area contributed by atoms with Gasteiger partial charge in [-0.25, -0.2) is 4.98 Å². The van der Waals surface area contributed by atoms with Gasteiger partial charge in [0, 0.05) is 43.1 Å². The lowest BCUT2D eigenvalue weighted by molar-refractivity contribution is -0.128. The number of aromatic nitrogens is 2. The summed E-state index contributed by atoms with van der Waals surface area (Å²) in [5.41, 5.74) is -0.0675. The van der Waals surface area contributed by atoms with Crippen LogP contribution in [0.4, 0.5) is 23.1 Å². The number of aliphatic hydroxyl groups is 1. The van der Waals surface area contributed by atoms with Gasteiger partial charge in [-0.05, 0) is 37.3 Å². The van der Waals surface area contributed by atoms with Gasteiger partial charge in [-0.3, -0.25) is 9.69 Å². The van der Waals surface area contributed by atoms with Crippen LogP contribution >= 0.6 is 0 Å². The Balaban J connectivity index is 1.50. The highest BCUT2D eigenvalue weighted by Gasteiger charge is 2.50. The van der Waals surface area contributed by atoms with E-state index in [0.717, 1.165) is 37.7 Å². The van der Waals surface area contributed by atoms with E-state index in [1.54, 1.807) is 19.1 Å². The molecule has 9 heteroatoms. The van der Waals surface area contributed by atoms with Gasteiger partial charge in [0.05, 0.1) is 13.2 Å². The topological polar surface area (TPSA) is 115 Å². The number of anilines is 4. The average Bonchev–Trinajstić information content (AvgIpc) is 2.98. The van der Waals surface area contributed by atoms with E-state index in [2.05, 4.69) is 20.2 Å². The molecule has 2 aliphatic heterocycles. The highest BCUT2D eigenvalue weighted by Crippen LogP contribution is 2.32. The summed E-state index contributed by atoms with van der Waals surface area (Å²) >= 11 is 0. The van der Waals surface area contributed by atoms with Crippen LogP contribution in [0, 0.1) is 11.3 Å². The van der Waals surface area contributed by atoms with Crippen LogP contribution in [-0.2, 0) is 9.53 Å². The summed E-state index contributed by atoms with van der Waals surface area (Å²) in [7, 11) is 0. The predicted molar refractivity (Wildman–Crippen MR) is 107 cm³/mol. The SMILES string of the molecule is C[C@H]1C[C@](O)(C#N)C(=O)N1c1ccnc(Nc2ccc(N3CCOCC3)cc2)n1. The van der Waals surface area contributed by atoms with Gasteiger partial charge in [-0.1, -0.05) is 0 Å². The number of nitrogens with one attached hydrogen (secondary N) is 1. The molecule has 4 rings (SSSR count). The lowest BCUT2D eigenvalue weighted by Crippen LogP contribution is -2.40. The number of nitrogens with zero attached hydrogens (tertiary/aromatic N) is 5. The molecule has 9 nitrogen and oxygen atoms in total. The molecule has 0 bridgehead atoms. The number of carbonyl (C=O) groups is 1. The van der Waals surface area contributed by atoms with Crippen LogP contribution in [0.3, 0.4) is 0 Å². The molecule has 2 atom stereocenters. The molecule has 2 saturated heterocycles. The smallest absolute Gasteiger partial charge is 0.275 e. The summed E-state index contributed by atoms with van der Waals surface area (Å²) in [6, 6.07) is 10.9. The highest BCUT2D eigenvalue weighted by molar-refractivity contribution is 6.03. The van der Waals surface area contributed by atoms with Crippen molar-refractivity contribution >= 4 is 29.0 Å². The van der Waals surface area contributed by atoms with E-state index >= 15 is 0 Å². The molecule has 3 heterocycles. The Bertz CT molecular complexity index is 938. The number of ether oxygens (including phenoxy) is 1. The average molecular weight is 394 g/mol. The molecule has 0 saturated carbocycles. The molecule has 1 amide bonds. The fourth-order valence-corrected chi connectivity index (χ4v) is 3.68. The Morgan fingerprint density at radius 3 is 2.66 bits per heavy atom. The zero-order valence-electron chi connectivity index (χ0n) is 16.1. The van der Waals surface area contributed by atoms with Crippen molar-refractivity contribution < 1.29 is 14.6 Å². The van der Waals surface area contributed by atoms with Crippen LogP contribution in [0.2, 0.25) is 0 Å². The summed E-state index contributed by atoms with van der Waals surface area (Å²) in [5.74, 6) is 0.0112. The van der Waals surface area contributed by atoms with Crippen LogP contribution in [0.15, 0.2) is 36.5 Å². The van der Waals surface area contributed by atoms with E-state index in [1.807, 2.05) is 24.3 Å². The number of benzene rings is 1. The van der Waals surface area contributed by atoms with Gasteiger partial charge in [0.15, 0.2) is 0 Å². The number of morpholine rings is 1. The molecule has 0 aliphatic carbocycles. The third-order valence-electron chi connectivity index (χ3n) is 5.18. The Morgan fingerprint density at radius 2 is 2.00 bits per heavy atom. The Labute approximate surface area is 168 Å². The largest absolute Gasteiger partial charge is 0.378 e. The maximum atomic E-state index is 12.5. The Hall–Kier alpha value is -3.22. The van der Waals surface area contributed by atoms with Gasteiger partial charge in [0.25, 0.3) is 5.91 Å². The molecule has 0 unspecified atom stereocenters. The molecule has 0 radical (unpaired) electrons. The fourth-order valence-electron chi connectivity index (χ4n) is 3.68. The van der Waals surface area contributed by atoms with Gasteiger partial charge < -0.3 is 20.1 Å². The van der Waals surface area contributed by atoms with Gasteiger partial charge in [0.2, 0.25) is 11.5 Å². The van der Waals surface area contributed by atoms with Crippen molar-refractivity contribution in [2.24, 2.45) is 0 Å². The van der Waals surface area contributed by atoms with Crippen LogP contribution in [0.5, 0.6) is 0 Å². The second kappa shape index (κ2) is 7.66. The zero-order valence-corrected chi connectivity index (χ0v) is 16.1. The Kier molecular flexibility index (Phi) is 5.05. The van der Waals surface area contributed by atoms with Gasteiger partial charge >= 0.3 is 0 Å². The maximum Gasteiger partial charge on any atom is 0.275 e. The van der Waals surface area contributed by atoms with Crippen molar-refractivity contribution in [3.05, 3.63) is 36.5 Å². The first-order valence-corrected chi connectivity index (χ1v) is 9.50. The molecule has 0 spiro atoms. The lowest BCUT2D eigenvalue weighted by Gasteiger charge is -2.28. The molecule has 29 heavy (non-hydrogen) atoms. The van der Waals surface area contributed by atoms with Crippen LogP contribution < -0.4 is 15.1 Å². The Morgan fingerprint density at radius 1 is 1.28 bits per heavy atom. The van der Waals surface area contributed by atoms with E-state index in [1.165, 1.54) is 11.1 Å². The number of carbonyl (C=O) groups excluding carboxylic acids is 1. The molecule has 1 aromatic carbocycles. The van der Waals surface area contributed by atoms with Crippen molar-refractivity contribution in [1.82, 2.24) is 9.97 Å². The van der Waals surface area contributed by atoms with Crippen LogP contribution in [0.25, 0.3) is 0 Å². The van der Waals surface area contributed by atoms with Crippen LogP contribution in [0.1, 0.15) is 13.3 Å². The molecule has 2 aliphatic rings. The number of hydrogen-bond acceptors (Lipinski definition) is 8. The normalized spacial score (nSPS) is 24.4. The summed E-state index contributed by atoms with van der Waals surface area (Å²) in [6.07, 6.45) is 1.58. The number of hydrogen-bond donors (Lipinski definition) is 2. The van der Waals surface area contributed by atoms with Gasteiger partial charge in [-0.15, -0.1) is 0 Å². The quantitative estimate of drug-likeness (QED) is 0.749. The minimum atomic E-state index is -2.01. The molecule has 2 aromatic rings. The van der Waals surface area contributed by atoms with E-state index in [0.29, 0.717) is 11.8 Å². The van der Waals surface area contributed by atoms with Crippen molar-refractivity contribution in [1.29, 1.82) is 5.26 Å². The van der Waals surface area contributed by atoms with Crippen LogP contribution in [-0.4, -0.2) is 58.9 Å². The number of nitriles is 1. The molecule has 150 valence electrons. The third-order valence-corrected chi connectivity index (χ3v) is 5.18. The molecule has 1 aromatic heterocycles. The van der Waals surface area contributed by atoms with Crippen molar-refractivity contribution in [2.75, 3.05) is 41.4 Å². The zero-order chi connectivity index (χ0) is 20.4. The summed E-state index contributed by atoms with van der Waals surface area (Å²) < 4.78 is 5.38. The maximum absolute atomic E-state index is 12.5. The second-order valence-electron chi connectivity index (χ2n) is 7.21. The van der Waals surface area contributed by atoms with Gasteiger partial charge in [0.1, 0.15) is 11.9 Å². The highest BCUT2D eigenvalue weighted by atomic mass is 16.5. The first-order valence-electron chi connectivity index (χ1n) is 9.50. The minimum absolute atomic E-state index is 0.0398. The van der Waals surface area contributed by atoms with Crippen molar-refractivity contribution in [3.63, 3.8) is 0 Å². The predicted octanol–water partition coefficient (Wildman–Crippen LogP) is 1.44. The molecular formula is C20H22N6O3. The summed E-state index contributed by atoms with van der Waals surface area (Å²) in [5, 5.41) is 22.5. The summed E-state index contributed by atoms with van der Waals surface area (Å²) in [4.78, 5) is 24.7. The molecule has 2 N–H and O–H groups in total. The van der Waals surface area contributed by atoms with Gasteiger partial charge in [-0.2, -0.15) is 10.2 Å². The second-order valence-corrected chi connectivity index (χ2v) is 7.21. The van der Waals surface area contributed by atoms with E-state index < -0.39 is 11.5 Å². The van der Waals surface area contributed by atoms with E-state index in [9.17, 15) is 9.90 Å². The third kappa shape index (κ3) is 3.72. The number of amides is 1. The lowest BCUT2D eigenvalue weighted by atomic mass is 10.0. The molecular weight excluding hydrogens is 372 g/mol. The molecule has 2 fully saturated rings. The standard InChI is InChI=1S/C20H22N6O3/c1-14-12-20(28,13-21)18(27)26(14)17-6-7-22-19(24-17)23-15-2-4-16(5-3-15)25-8-10-29-11-9-25/h2-7,14,28H,8-12H2,1H3,(H,22,23,24)/t14-,20-/m0/s1. The van der Waals surface area contributed by atoms with E-state index in [-0.39, 0.29) is 12.5 Å². The minimum Gasteiger partial charge on any atom is -0.378 e. The number of rotatable bonds is 4. The first kappa shape index (κ1) is 19.1. The fraction of sp³-hybridized carbons (Fsp3) is 0.400. The van der Waals surface area contributed by atoms with Crippen molar-refractivity contribution in [3.8, 4) is 6.07 Å². The first-order chi connectivity index (χ1) is 14.0.